The van der Waals surface area contributed by atoms with Gasteiger partial charge < -0.3 is 20.7 Å². The number of ether oxygens (including phenoxy) is 1. The molecule has 0 radical (unpaired) electrons. The summed E-state index contributed by atoms with van der Waals surface area (Å²) < 4.78 is 31.3. The van der Waals surface area contributed by atoms with E-state index in [-0.39, 0.29) is 22.3 Å². The molecule has 0 spiro atoms. The second kappa shape index (κ2) is 4.76. The Morgan fingerprint density at radius 3 is 2.71 bits per heavy atom. The number of anilines is 1. The lowest BCUT2D eigenvalue weighted by Gasteiger charge is -2.15. The molecule has 0 bridgehead atoms. The van der Waals surface area contributed by atoms with Gasteiger partial charge in [-0.05, 0) is 11.6 Å². The fourth-order valence-corrected chi connectivity index (χ4v) is 2.23. The van der Waals surface area contributed by atoms with Gasteiger partial charge in [-0.15, -0.1) is 0 Å². The monoisotopic (exact) mass is 319 g/mol. The molecule has 0 saturated carbocycles. The summed E-state index contributed by atoms with van der Waals surface area (Å²) in [7, 11) is 0. The van der Waals surface area contributed by atoms with Crippen molar-refractivity contribution in [1.29, 1.82) is 0 Å². The average Bonchev–Trinajstić information content (AvgIpc) is 2.93. The first-order valence-corrected chi connectivity index (χ1v) is 6.01. The van der Waals surface area contributed by atoms with Crippen LogP contribution in [-0.2, 0) is 4.74 Å². The number of imidazole rings is 1. The zero-order valence-corrected chi connectivity index (χ0v) is 10.9. The highest BCUT2D eigenvalue weighted by atomic mass is 35.5. The standard InChI is InChI=1S/C10H8ClF2N5O3/c11-10-16-7(14)2-8(17-10)18(1-15-2)9-4(20)3(19)5(21-9)6(12)13/h1,3-4,9,19-20H,(H2,14,16,17)/t3-,4+,9+/m0/s1. The van der Waals surface area contributed by atoms with Gasteiger partial charge in [0.25, 0.3) is 0 Å². The molecule has 112 valence electrons. The van der Waals surface area contributed by atoms with Gasteiger partial charge in [-0.2, -0.15) is 18.7 Å². The van der Waals surface area contributed by atoms with Crippen molar-refractivity contribution in [3.05, 3.63) is 23.5 Å². The Morgan fingerprint density at radius 2 is 2.10 bits per heavy atom. The van der Waals surface area contributed by atoms with Gasteiger partial charge in [-0.1, -0.05) is 0 Å². The maximum atomic E-state index is 12.6. The van der Waals surface area contributed by atoms with Crippen molar-refractivity contribution in [3.8, 4) is 0 Å². The Hall–Kier alpha value is -2.04. The number of aliphatic hydroxyl groups is 2. The highest BCUT2D eigenvalue weighted by Crippen LogP contribution is 2.36. The first kappa shape index (κ1) is 13.9. The summed E-state index contributed by atoms with van der Waals surface area (Å²) in [5.74, 6) is -1.01. The zero-order chi connectivity index (χ0) is 15.3. The fraction of sp³-hybridized carbons (Fsp3) is 0.300. The van der Waals surface area contributed by atoms with Crippen LogP contribution in [0.4, 0.5) is 14.6 Å². The predicted octanol–water partition coefficient (Wildman–Crippen LogP) is 0.421. The number of nitrogens with zero attached hydrogens (tertiary/aromatic N) is 4. The summed E-state index contributed by atoms with van der Waals surface area (Å²) in [6.45, 7) is 0. The highest BCUT2D eigenvalue weighted by molar-refractivity contribution is 6.28. The van der Waals surface area contributed by atoms with E-state index in [9.17, 15) is 19.0 Å². The minimum absolute atomic E-state index is 0.00998. The summed E-state index contributed by atoms with van der Waals surface area (Å²) in [4.78, 5) is 11.5. The van der Waals surface area contributed by atoms with Gasteiger partial charge in [0.05, 0.1) is 0 Å². The molecular formula is C10H8ClF2N5O3. The molecule has 1 aliphatic rings. The van der Waals surface area contributed by atoms with Crippen molar-refractivity contribution in [2.75, 3.05) is 5.73 Å². The molecule has 8 nitrogen and oxygen atoms in total. The van der Waals surface area contributed by atoms with Crippen LogP contribution in [0.5, 0.6) is 0 Å². The molecule has 1 saturated heterocycles. The number of aliphatic hydroxyl groups excluding tert-OH is 2. The van der Waals surface area contributed by atoms with Gasteiger partial charge in [-0.3, -0.25) is 4.57 Å². The van der Waals surface area contributed by atoms with Gasteiger partial charge in [-0.25, -0.2) is 4.98 Å². The quantitative estimate of drug-likeness (QED) is 0.652. The molecule has 1 fully saturated rings. The number of halogens is 3. The summed E-state index contributed by atoms with van der Waals surface area (Å²) in [5.41, 5.74) is 5.87. The molecule has 0 unspecified atom stereocenters. The van der Waals surface area contributed by atoms with Crippen LogP contribution in [0.3, 0.4) is 0 Å². The number of hydrogen-bond acceptors (Lipinski definition) is 7. The van der Waals surface area contributed by atoms with E-state index in [0.717, 1.165) is 4.57 Å². The van der Waals surface area contributed by atoms with Crippen LogP contribution in [0.1, 0.15) is 6.23 Å². The maximum absolute atomic E-state index is 12.6. The van der Waals surface area contributed by atoms with Crippen LogP contribution < -0.4 is 5.73 Å². The number of hydrogen-bond donors (Lipinski definition) is 3. The van der Waals surface area contributed by atoms with E-state index >= 15 is 0 Å². The molecule has 1 aliphatic heterocycles. The van der Waals surface area contributed by atoms with Crippen molar-refractivity contribution in [2.45, 2.75) is 18.4 Å². The Bertz CT molecular complexity index is 748. The van der Waals surface area contributed by atoms with Gasteiger partial charge in [0, 0.05) is 0 Å². The lowest BCUT2D eigenvalue weighted by Crippen LogP contribution is -2.27. The molecule has 3 atom stereocenters. The zero-order valence-electron chi connectivity index (χ0n) is 10.1. The van der Waals surface area contributed by atoms with Crippen LogP contribution >= 0.6 is 11.6 Å². The van der Waals surface area contributed by atoms with Crippen molar-refractivity contribution < 1.29 is 23.7 Å². The number of rotatable bonds is 1. The summed E-state index contributed by atoms with van der Waals surface area (Å²) in [6.07, 6.45) is -5.88. The van der Waals surface area contributed by atoms with Crippen LogP contribution in [0, 0.1) is 0 Å². The van der Waals surface area contributed by atoms with Crippen LogP contribution in [0.25, 0.3) is 11.2 Å². The fourth-order valence-electron chi connectivity index (χ4n) is 2.06. The van der Waals surface area contributed by atoms with E-state index in [2.05, 4.69) is 15.0 Å². The van der Waals surface area contributed by atoms with Crippen LogP contribution in [-0.4, -0.2) is 41.9 Å². The van der Waals surface area contributed by atoms with E-state index in [1.54, 1.807) is 0 Å². The molecule has 0 amide bonds. The molecule has 11 heteroatoms. The Morgan fingerprint density at radius 1 is 1.38 bits per heavy atom. The topological polar surface area (TPSA) is 119 Å². The molecule has 2 aromatic heterocycles. The lowest BCUT2D eigenvalue weighted by atomic mass is 10.2. The van der Waals surface area contributed by atoms with E-state index in [0.29, 0.717) is 0 Å². The number of nitrogen functional groups attached to an aromatic ring is 1. The van der Waals surface area contributed by atoms with Crippen molar-refractivity contribution >= 4 is 28.6 Å². The SMILES string of the molecule is Nc1nc(Cl)nc2c1ncn2[C@@H]1OC(=C(F)F)[C@@H](O)[C@H]1O. The largest absolute Gasteiger partial charge is 0.463 e. The second-order valence-electron chi connectivity index (χ2n) is 4.27. The Balaban J connectivity index is 2.12. The van der Waals surface area contributed by atoms with E-state index < -0.39 is 30.3 Å². The van der Waals surface area contributed by atoms with Crippen LogP contribution in [0.2, 0.25) is 5.28 Å². The Kier molecular flexibility index (Phi) is 3.15. The van der Waals surface area contributed by atoms with Crippen molar-refractivity contribution in [1.82, 2.24) is 19.5 Å². The number of nitrogens with two attached hydrogens (primary N) is 1. The molecule has 21 heavy (non-hydrogen) atoms. The third-order valence-corrected chi connectivity index (χ3v) is 3.18. The first-order valence-electron chi connectivity index (χ1n) is 5.63. The van der Waals surface area contributed by atoms with Crippen LogP contribution in [0.15, 0.2) is 18.2 Å². The van der Waals surface area contributed by atoms with Gasteiger partial charge >= 0.3 is 6.08 Å². The molecule has 0 aliphatic carbocycles. The minimum Gasteiger partial charge on any atom is -0.463 e. The minimum atomic E-state index is -2.22. The summed E-state index contributed by atoms with van der Waals surface area (Å²) in [5, 5.41) is 19.2. The number of fused-ring (bicyclic) bond motifs is 1. The summed E-state index contributed by atoms with van der Waals surface area (Å²) >= 11 is 5.68. The molecule has 0 aromatic carbocycles. The van der Waals surface area contributed by atoms with E-state index in [1.165, 1.54) is 6.33 Å². The summed E-state index contributed by atoms with van der Waals surface area (Å²) in [6, 6.07) is 0. The predicted molar refractivity (Wildman–Crippen MR) is 66.1 cm³/mol. The molecule has 3 heterocycles. The van der Waals surface area contributed by atoms with Crippen molar-refractivity contribution in [3.63, 3.8) is 0 Å². The number of aromatic nitrogens is 4. The van der Waals surface area contributed by atoms with Crippen molar-refractivity contribution in [2.24, 2.45) is 0 Å². The first-order chi connectivity index (χ1) is 9.90. The average molecular weight is 320 g/mol. The van der Waals surface area contributed by atoms with E-state index in [1.807, 2.05) is 0 Å². The van der Waals surface area contributed by atoms with Gasteiger partial charge in [0.15, 0.2) is 17.2 Å². The third kappa shape index (κ3) is 2.07. The maximum Gasteiger partial charge on any atom is 0.310 e. The normalized spacial score (nSPS) is 25.4. The second-order valence-corrected chi connectivity index (χ2v) is 4.61. The molecule has 3 rings (SSSR count). The molecule has 4 N–H and O–H groups in total. The van der Waals surface area contributed by atoms with Gasteiger partial charge in [0.1, 0.15) is 24.1 Å². The highest BCUT2D eigenvalue weighted by Gasteiger charge is 2.44. The Labute approximate surface area is 120 Å². The smallest absolute Gasteiger partial charge is 0.310 e. The lowest BCUT2D eigenvalue weighted by molar-refractivity contribution is -0.0124. The van der Waals surface area contributed by atoms with Gasteiger partial charge in [0.2, 0.25) is 11.5 Å². The third-order valence-electron chi connectivity index (χ3n) is 3.01. The molecular weight excluding hydrogens is 312 g/mol. The molecule has 2 aromatic rings. The van der Waals surface area contributed by atoms with E-state index in [4.69, 9.17) is 22.1 Å².